The third-order valence-electron chi connectivity index (χ3n) is 4.59. The van der Waals surface area contributed by atoms with Crippen molar-refractivity contribution in [3.8, 4) is 0 Å². The lowest BCUT2D eigenvalue weighted by Crippen LogP contribution is -2.65. The van der Waals surface area contributed by atoms with Gasteiger partial charge in [0.25, 0.3) is 0 Å². The smallest absolute Gasteiger partial charge is 0.228 e. The van der Waals surface area contributed by atoms with Crippen LogP contribution >= 0.6 is 0 Å². The molecule has 0 spiro atoms. The molecule has 0 aromatic heterocycles. The molecular weight excluding hydrogens is 200 g/mol. The van der Waals surface area contributed by atoms with Crippen LogP contribution in [-0.2, 0) is 4.79 Å². The molecular formula is C13H24N2O. The van der Waals surface area contributed by atoms with Gasteiger partial charge in [-0.25, -0.2) is 0 Å². The highest BCUT2D eigenvalue weighted by molar-refractivity contribution is 5.81. The van der Waals surface area contributed by atoms with Crippen LogP contribution in [0.2, 0.25) is 0 Å². The van der Waals surface area contributed by atoms with Crippen LogP contribution in [0.5, 0.6) is 0 Å². The second-order valence-corrected chi connectivity index (χ2v) is 5.43. The Kier molecular flexibility index (Phi) is 3.24. The number of amides is 1. The van der Waals surface area contributed by atoms with Crippen molar-refractivity contribution in [1.82, 2.24) is 9.80 Å². The maximum Gasteiger partial charge on any atom is 0.228 e. The van der Waals surface area contributed by atoms with Gasteiger partial charge in [-0.2, -0.15) is 0 Å². The molecule has 2 fully saturated rings. The number of carbonyl (C=O) groups is 1. The summed E-state index contributed by atoms with van der Waals surface area (Å²) in [6.45, 7) is 6.52. The first-order valence-electron chi connectivity index (χ1n) is 6.62. The Morgan fingerprint density at radius 1 is 1.31 bits per heavy atom. The van der Waals surface area contributed by atoms with Gasteiger partial charge in [-0.05, 0) is 46.6 Å². The van der Waals surface area contributed by atoms with Gasteiger partial charge >= 0.3 is 0 Å². The van der Waals surface area contributed by atoms with E-state index >= 15 is 0 Å². The predicted molar refractivity (Wildman–Crippen MR) is 65.0 cm³/mol. The molecule has 2 aliphatic rings. The molecule has 0 saturated carbocycles. The van der Waals surface area contributed by atoms with E-state index in [1.54, 1.807) is 0 Å². The number of rotatable bonds is 1. The number of nitrogens with zero attached hydrogens (tertiary/aromatic N) is 2. The highest BCUT2D eigenvalue weighted by Crippen LogP contribution is 2.34. The maximum atomic E-state index is 12.5. The van der Waals surface area contributed by atoms with E-state index in [1.165, 1.54) is 12.8 Å². The van der Waals surface area contributed by atoms with E-state index < -0.39 is 0 Å². The fourth-order valence-electron chi connectivity index (χ4n) is 3.40. The van der Waals surface area contributed by atoms with Crippen LogP contribution in [0.3, 0.4) is 0 Å². The average Bonchev–Trinajstić information content (AvgIpc) is 2.26. The molecule has 4 atom stereocenters. The minimum atomic E-state index is 0.196. The first-order valence-corrected chi connectivity index (χ1v) is 6.62. The SMILES string of the molecule is CCC1C(=O)N2C(C)CCCC2N(C)C1C. The summed E-state index contributed by atoms with van der Waals surface area (Å²) in [4.78, 5) is 17.0. The van der Waals surface area contributed by atoms with Gasteiger partial charge in [0.1, 0.15) is 0 Å². The zero-order valence-electron chi connectivity index (χ0n) is 10.9. The Labute approximate surface area is 98.8 Å². The molecule has 3 nitrogen and oxygen atoms in total. The fraction of sp³-hybridized carbons (Fsp3) is 0.923. The zero-order valence-corrected chi connectivity index (χ0v) is 10.9. The Morgan fingerprint density at radius 2 is 2.00 bits per heavy atom. The molecule has 4 unspecified atom stereocenters. The average molecular weight is 224 g/mol. The van der Waals surface area contributed by atoms with Crippen LogP contribution in [0, 0.1) is 5.92 Å². The van der Waals surface area contributed by atoms with Crippen LogP contribution in [0.15, 0.2) is 0 Å². The fourth-order valence-corrected chi connectivity index (χ4v) is 3.40. The highest BCUT2D eigenvalue weighted by Gasteiger charge is 2.45. The Bertz CT molecular complexity index is 279. The van der Waals surface area contributed by atoms with Gasteiger partial charge in [-0.15, -0.1) is 0 Å². The number of carbonyl (C=O) groups excluding carboxylic acids is 1. The molecule has 2 aliphatic heterocycles. The van der Waals surface area contributed by atoms with E-state index in [1.807, 2.05) is 0 Å². The van der Waals surface area contributed by atoms with Crippen molar-refractivity contribution in [2.75, 3.05) is 7.05 Å². The third-order valence-corrected chi connectivity index (χ3v) is 4.59. The molecule has 92 valence electrons. The zero-order chi connectivity index (χ0) is 11.9. The van der Waals surface area contributed by atoms with Crippen molar-refractivity contribution in [3.05, 3.63) is 0 Å². The molecule has 2 rings (SSSR count). The van der Waals surface area contributed by atoms with E-state index in [0.717, 1.165) is 12.8 Å². The first-order chi connectivity index (χ1) is 7.57. The third kappa shape index (κ3) is 1.65. The molecule has 0 radical (unpaired) electrons. The molecule has 0 aromatic rings. The van der Waals surface area contributed by atoms with Gasteiger partial charge in [0.05, 0.1) is 12.1 Å². The van der Waals surface area contributed by atoms with Gasteiger partial charge in [-0.3, -0.25) is 9.69 Å². The quantitative estimate of drug-likeness (QED) is 0.681. The Hall–Kier alpha value is -0.570. The van der Waals surface area contributed by atoms with Crippen molar-refractivity contribution < 1.29 is 4.79 Å². The molecule has 16 heavy (non-hydrogen) atoms. The van der Waals surface area contributed by atoms with Crippen molar-refractivity contribution in [2.45, 2.75) is 64.7 Å². The van der Waals surface area contributed by atoms with Crippen LogP contribution < -0.4 is 0 Å². The van der Waals surface area contributed by atoms with E-state index in [0.29, 0.717) is 24.2 Å². The van der Waals surface area contributed by atoms with Gasteiger partial charge in [0, 0.05) is 12.1 Å². The van der Waals surface area contributed by atoms with Crippen LogP contribution in [-0.4, -0.2) is 41.0 Å². The summed E-state index contributed by atoms with van der Waals surface area (Å²) in [5.41, 5.74) is 0. The van der Waals surface area contributed by atoms with Gasteiger partial charge < -0.3 is 4.90 Å². The van der Waals surface area contributed by atoms with Crippen LogP contribution in [0.1, 0.15) is 46.5 Å². The lowest BCUT2D eigenvalue weighted by molar-refractivity contribution is -0.163. The molecule has 0 aliphatic carbocycles. The highest BCUT2D eigenvalue weighted by atomic mass is 16.2. The molecule has 0 N–H and O–H groups in total. The van der Waals surface area contributed by atoms with Crippen molar-refractivity contribution in [3.63, 3.8) is 0 Å². The summed E-state index contributed by atoms with van der Waals surface area (Å²) in [6, 6.07) is 0.819. The number of fused-ring (bicyclic) bond motifs is 1. The maximum absolute atomic E-state index is 12.5. The normalized spacial score (nSPS) is 41.0. The molecule has 0 bridgehead atoms. The molecule has 0 aromatic carbocycles. The van der Waals surface area contributed by atoms with Gasteiger partial charge in [-0.1, -0.05) is 6.92 Å². The largest absolute Gasteiger partial charge is 0.324 e. The summed E-state index contributed by atoms with van der Waals surface area (Å²) >= 11 is 0. The van der Waals surface area contributed by atoms with Crippen molar-refractivity contribution >= 4 is 5.91 Å². The van der Waals surface area contributed by atoms with Crippen molar-refractivity contribution in [1.29, 1.82) is 0 Å². The summed E-state index contributed by atoms with van der Waals surface area (Å²) in [7, 11) is 2.18. The first kappa shape index (κ1) is 11.9. The topological polar surface area (TPSA) is 23.6 Å². The number of piperidine rings is 1. The second-order valence-electron chi connectivity index (χ2n) is 5.43. The van der Waals surface area contributed by atoms with E-state index in [4.69, 9.17) is 0 Å². The summed E-state index contributed by atoms with van der Waals surface area (Å²) in [5, 5.41) is 0. The van der Waals surface area contributed by atoms with E-state index in [2.05, 4.69) is 37.6 Å². The standard InChI is InChI=1S/C13H24N2O/c1-5-11-10(3)14(4)12-8-6-7-9(2)15(12)13(11)16/h9-12H,5-8H2,1-4H3. The minimum Gasteiger partial charge on any atom is -0.324 e. The second kappa shape index (κ2) is 4.36. The number of hydrogen-bond acceptors (Lipinski definition) is 2. The molecule has 3 heteroatoms. The van der Waals surface area contributed by atoms with Gasteiger partial charge in [0.15, 0.2) is 0 Å². The monoisotopic (exact) mass is 224 g/mol. The lowest BCUT2D eigenvalue weighted by atomic mass is 9.87. The number of hydrogen-bond donors (Lipinski definition) is 0. The summed E-state index contributed by atoms with van der Waals surface area (Å²) < 4.78 is 0. The molecule has 2 saturated heterocycles. The van der Waals surface area contributed by atoms with E-state index in [9.17, 15) is 4.79 Å². The lowest BCUT2D eigenvalue weighted by Gasteiger charge is -2.53. The van der Waals surface area contributed by atoms with Crippen molar-refractivity contribution in [2.24, 2.45) is 5.92 Å². The van der Waals surface area contributed by atoms with Crippen LogP contribution in [0.4, 0.5) is 0 Å². The Balaban J connectivity index is 2.27. The predicted octanol–water partition coefficient (Wildman–Crippen LogP) is 2.07. The van der Waals surface area contributed by atoms with Crippen LogP contribution in [0.25, 0.3) is 0 Å². The van der Waals surface area contributed by atoms with E-state index in [-0.39, 0.29) is 5.92 Å². The van der Waals surface area contributed by atoms with Gasteiger partial charge in [0.2, 0.25) is 5.91 Å². The minimum absolute atomic E-state index is 0.196. The Morgan fingerprint density at radius 3 is 2.62 bits per heavy atom. The molecule has 1 amide bonds. The summed E-state index contributed by atoms with van der Waals surface area (Å²) in [5.74, 6) is 0.590. The summed E-state index contributed by atoms with van der Waals surface area (Å²) in [6.07, 6.45) is 4.88. The molecule has 2 heterocycles.